The summed E-state index contributed by atoms with van der Waals surface area (Å²) in [5, 5.41) is 10.7. The van der Waals surface area contributed by atoms with E-state index < -0.39 is 0 Å². The van der Waals surface area contributed by atoms with Crippen molar-refractivity contribution in [1.29, 1.82) is 0 Å². The Hall–Kier alpha value is -2.49. The van der Waals surface area contributed by atoms with Crippen molar-refractivity contribution in [3.05, 3.63) is 65.6 Å². The predicted molar refractivity (Wildman–Crippen MR) is 139 cm³/mol. The zero-order valence-electron chi connectivity index (χ0n) is 19.3. The van der Waals surface area contributed by atoms with Gasteiger partial charge in [0.25, 0.3) is 5.89 Å². The Kier molecular flexibility index (Phi) is 10.1. The maximum Gasteiger partial charge on any atom is 0.276 e. The lowest BCUT2D eigenvalue weighted by molar-refractivity contribution is 0.421. The molecule has 32 heavy (non-hydrogen) atoms. The lowest BCUT2D eigenvalue weighted by Crippen LogP contribution is -2.39. The average molecular weight is 548 g/mol. The van der Waals surface area contributed by atoms with Crippen LogP contribution in [0.4, 0.5) is 0 Å². The van der Waals surface area contributed by atoms with Gasteiger partial charge in [0.2, 0.25) is 0 Å². The van der Waals surface area contributed by atoms with Gasteiger partial charge in [-0.1, -0.05) is 56.3 Å². The molecule has 7 nitrogen and oxygen atoms in total. The van der Waals surface area contributed by atoms with Gasteiger partial charge in [0, 0.05) is 31.1 Å². The summed E-state index contributed by atoms with van der Waals surface area (Å²) in [4.78, 5) is 13.5. The third-order valence-corrected chi connectivity index (χ3v) is 5.11. The number of hydrogen-bond donors (Lipinski definition) is 2. The second-order valence-corrected chi connectivity index (χ2v) is 8.04. The minimum atomic E-state index is -0.0557. The summed E-state index contributed by atoms with van der Waals surface area (Å²) in [6.07, 6.45) is 3.39. The maximum atomic E-state index is 5.32. The van der Waals surface area contributed by atoms with E-state index in [2.05, 4.69) is 77.7 Å². The summed E-state index contributed by atoms with van der Waals surface area (Å²) in [6, 6.07) is 14.4. The third kappa shape index (κ3) is 7.29. The molecule has 0 aliphatic rings. The van der Waals surface area contributed by atoms with Crippen molar-refractivity contribution in [3.8, 4) is 11.6 Å². The molecule has 0 spiro atoms. The standard InChI is InChI=1S/C24H32N6O.HI/c1-5-18-10-12-19(13-11-18)24(3,4)17-28-23(25-6-2)27-16-14-21-29-22(31-30-21)20-9-7-8-15-26-20;/h7-13,15H,5-6,14,16-17H2,1-4H3,(H2,25,27,28);1H. The Morgan fingerprint density at radius 1 is 1.06 bits per heavy atom. The Morgan fingerprint density at radius 2 is 1.84 bits per heavy atom. The van der Waals surface area contributed by atoms with E-state index in [4.69, 9.17) is 9.52 Å². The van der Waals surface area contributed by atoms with Crippen molar-refractivity contribution in [1.82, 2.24) is 25.8 Å². The number of nitrogens with one attached hydrogen (secondary N) is 2. The van der Waals surface area contributed by atoms with Crippen molar-refractivity contribution in [3.63, 3.8) is 0 Å². The largest absolute Gasteiger partial charge is 0.357 e. The van der Waals surface area contributed by atoms with E-state index in [0.29, 0.717) is 36.9 Å². The molecule has 0 saturated carbocycles. The quantitative estimate of drug-likeness (QED) is 0.234. The molecule has 0 radical (unpaired) electrons. The Balaban J connectivity index is 0.00000363. The fourth-order valence-electron chi connectivity index (χ4n) is 3.14. The zero-order chi connectivity index (χ0) is 22.1. The number of pyridine rings is 1. The van der Waals surface area contributed by atoms with Crippen LogP contribution in [-0.4, -0.2) is 40.7 Å². The average Bonchev–Trinajstić information content (AvgIpc) is 3.27. The lowest BCUT2D eigenvalue weighted by Gasteiger charge is -2.24. The molecule has 172 valence electrons. The highest BCUT2D eigenvalue weighted by molar-refractivity contribution is 14.0. The molecule has 0 unspecified atom stereocenters. The Morgan fingerprint density at radius 3 is 2.50 bits per heavy atom. The predicted octanol–water partition coefficient (Wildman–Crippen LogP) is 4.39. The highest BCUT2D eigenvalue weighted by atomic mass is 127. The van der Waals surface area contributed by atoms with Crippen LogP contribution in [0.1, 0.15) is 44.6 Å². The number of guanidine groups is 1. The maximum absolute atomic E-state index is 5.32. The molecule has 0 bridgehead atoms. The van der Waals surface area contributed by atoms with E-state index in [1.807, 2.05) is 18.2 Å². The van der Waals surface area contributed by atoms with Gasteiger partial charge < -0.3 is 15.2 Å². The lowest BCUT2D eigenvalue weighted by atomic mass is 9.84. The van der Waals surface area contributed by atoms with Crippen LogP contribution in [0.3, 0.4) is 0 Å². The first kappa shape index (κ1) is 25.8. The van der Waals surface area contributed by atoms with Gasteiger partial charge >= 0.3 is 0 Å². The number of nitrogens with zero attached hydrogens (tertiary/aromatic N) is 4. The Bertz CT molecular complexity index is 970. The van der Waals surface area contributed by atoms with Crippen molar-refractivity contribution in [2.75, 3.05) is 19.6 Å². The third-order valence-electron chi connectivity index (χ3n) is 5.11. The van der Waals surface area contributed by atoms with Crippen LogP contribution >= 0.6 is 24.0 Å². The normalized spacial score (nSPS) is 11.7. The highest BCUT2D eigenvalue weighted by Crippen LogP contribution is 2.24. The molecule has 2 heterocycles. The number of halogens is 1. The number of rotatable bonds is 9. The van der Waals surface area contributed by atoms with E-state index in [1.54, 1.807) is 6.20 Å². The molecule has 0 fully saturated rings. The van der Waals surface area contributed by atoms with Crippen LogP contribution < -0.4 is 10.6 Å². The van der Waals surface area contributed by atoms with E-state index >= 15 is 0 Å². The fourth-order valence-corrected chi connectivity index (χ4v) is 3.14. The molecule has 1 aromatic carbocycles. The molecule has 2 N–H and O–H groups in total. The van der Waals surface area contributed by atoms with Crippen LogP contribution in [0.5, 0.6) is 0 Å². The summed E-state index contributed by atoms with van der Waals surface area (Å²) >= 11 is 0. The monoisotopic (exact) mass is 548 g/mol. The van der Waals surface area contributed by atoms with Crippen molar-refractivity contribution in [2.24, 2.45) is 4.99 Å². The molecule has 0 atom stereocenters. The van der Waals surface area contributed by atoms with Gasteiger partial charge in [-0.25, -0.2) is 0 Å². The Labute approximate surface area is 207 Å². The van der Waals surface area contributed by atoms with Crippen LogP contribution in [0, 0.1) is 0 Å². The van der Waals surface area contributed by atoms with Gasteiger partial charge in [0.1, 0.15) is 5.69 Å². The van der Waals surface area contributed by atoms with Gasteiger partial charge in [-0.05, 0) is 36.6 Å². The molecule has 3 rings (SSSR count). The van der Waals surface area contributed by atoms with Gasteiger partial charge in [0.05, 0.1) is 6.54 Å². The van der Waals surface area contributed by atoms with Crippen molar-refractivity contribution < 1.29 is 4.52 Å². The van der Waals surface area contributed by atoms with Crippen molar-refractivity contribution >= 4 is 29.9 Å². The summed E-state index contributed by atoms with van der Waals surface area (Å²) in [7, 11) is 0. The van der Waals surface area contributed by atoms with Crippen LogP contribution in [-0.2, 0) is 18.3 Å². The van der Waals surface area contributed by atoms with Crippen LogP contribution in [0.2, 0.25) is 0 Å². The highest BCUT2D eigenvalue weighted by Gasteiger charge is 2.20. The van der Waals surface area contributed by atoms with Crippen LogP contribution in [0.15, 0.2) is 58.2 Å². The molecule has 3 aromatic rings. The molecule has 0 amide bonds. The van der Waals surface area contributed by atoms with Crippen LogP contribution in [0.25, 0.3) is 11.6 Å². The van der Waals surface area contributed by atoms with E-state index in [0.717, 1.165) is 18.9 Å². The topological polar surface area (TPSA) is 88.2 Å². The molecular formula is C24H33IN6O. The minimum Gasteiger partial charge on any atom is -0.357 e. The first-order valence-corrected chi connectivity index (χ1v) is 10.9. The molecule has 2 aromatic heterocycles. The molecule has 0 aliphatic carbocycles. The second kappa shape index (κ2) is 12.5. The number of aryl methyl sites for hydroxylation is 1. The fraction of sp³-hybridized carbons (Fsp3) is 0.417. The number of benzene rings is 1. The summed E-state index contributed by atoms with van der Waals surface area (Å²) in [6.45, 7) is 10.8. The first-order valence-electron chi connectivity index (χ1n) is 10.9. The molecule has 0 aliphatic heterocycles. The smallest absolute Gasteiger partial charge is 0.276 e. The first-order chi connectivity index (χ1) is 15.0. The van der Waals surface area contributed by atoms with Gasteiger partial charge in [-0.3, -0.25) is 9.98 Å². The SMILES string of the molecule is CCNC(=NCC(C)(C)c1ccc(CC)cc1)NCCc1noc(-c2ccccn2)n1.I. The number of aromatic nitrogens is 3. The molecule has 0 saturated heterocycles. The van der Waals surface area contributed by atoms with E-state index in [9.17, 15) is 0 Å². The molecule has 8 heteroatoms. The molecular weight excluding hydrogens is 515 g/mol. The van der Waals surface area contributed by atoms with E-state index in [1.165, 1.54) is 11.1 Å². The summed E-state index contributed by atoms with van der Waals surface area (Å²) < 4.78 is 5.32. The van der Waals surface area contributed by atoms with Gasteiger partial charge in [-0.2, -0.15) is 4.98 Å². The van der Waals surface area contributed by atoms with E-state index in [-0.39, 0.29) is 29.4 Å². The van der Waals surface area contributed by atoms with Crippen molar-refractivity contribution in [2.45, 2.75) is 46.0 Å². The van der Waals surface area contributed by atoms with Gasteiger partial charge in [0.15, 0.2) is 11.8 Å². The zero-order valence-corrected chi connectivity index (χ0v) is 21.6. The summed E-state index contributed by atoms with van der Waals surface area (Å²) in [5.74, 6) is 1.86. The van der Waals surface area contributed by atoms with Gasteiger partial charge in [-0.15, -0.1) is 24.0 Å². The second-order valence-electron chi connectivity index (χ2n) is 8.04. The number of aliphatic imine (C=N–C) groups is 1. The summed E-state index contributed by atoms with van der Waals surface area (Å²) in [5.41, 5.74) is 3.27. The number of hydrogen-bond acceptors (Lipinski definition) is 5. The minimum absolute atomic E-state index is 0.